The molecule has 0 heterocycles. The van der Waals surface area contributed by atoms with E-state index < -0.39 is 6.43 Å². The third kappa shape index (κ3) is 7.63. The van der Waals surface area contributed by atoms with Gasteiger partial charge in [0.2, 0.25) is 0 Å². The first kappa shape index (κ1) is 16.7. The van der Waals surface area contributed by atoms with Gasteiger partial charge in [0.25, 0.3) is 6.43 Å². The van der Waals surface area contributed by atoms with Gasteiger partial charge in [-0.3, -0.25) is 4.90 Å². The van der Waals surface area contributed by atoms with Crippen LogP contribution in [0.4, 0.5) is 8.78 Å². The third-order valence-corrected chi connectivity index (χ3v) is 2.87. The Hall–Kier alpha value is -0.260. The zero-order chi connectivity index (χ0) is 13.3. The van der Waals surface area contributed by atoms with Gasteiger partial charge in [-0.1, -0.05) is 20.3 Å². The Morgan fingerprint density at radius 2 is 2.06 bits per heavy atom. The lowest BCUT2D eigenvalue weighted by Crippen LogP contribution is -2.44. The molecule has 0 aliphatic rings. The van der Waals surface area contributed by atoms with Crippen LogP contribution in [0.3, 0.4) is 0 Å². The molecule has 0 amide bonds. The molecule has 2 N–H and O–H groups in total. The molecule has 0 saturated heterocycles. The van der Waals surface area contributed by atoms with E-state index in [0.29, 0.717) is 13.1 Å². The van der Waals surface area contributed by atoms with E-state index in [0.717, 1.165) is 19.4 Å². The van der Waals surface area contributed by atoms with Crippen LogP contribution in [0.15, 0.2) is 0 Å². The number of rotatable bonds is 10. The fourth-order valence-corrected chi connectivity index (χ4v) is 2.37. The minimum absolute atomic E-state index is 0.0203. The molecule has 0 aromatic rings. The third-order valence-electron chi connectivity index (χ3n) is 2.87. The Kier molecular flexibility index (Phi) is 8.64. The van der Waals surface area contributed by atoms with Crippen molar-refractivity contribution in [2.24, 2.45) is 5.41 Å². The summed E-state index contributed by atoms with van der Waals surface area (Å²) in [5.74, 6) is 0. The second kappa shape index (κ2) is 8.78. The second-order valence-corrected chi connectivity index (χ2v) is 4.94. The molecule has 0 aromatic carbocycles. The molecule has 0 rings (SSSR count). The lowest BCUT2D eigenvalue weighted by atomic mass is 9.85. The first-order valence-electron chi connectivity index (χ1n) is 6.23. The van der Waals surface area contributed by atoms with E-state index in [1.54, 1.807) is 4.90 Å². The molecule has 0 fully saturated rings. The topological polar surface area (TPSA) is 35.5 Å². The number of hydrogen-bond acceptors (Lipinski definition) is 3. The van der Waals surface area contributed by atoms with Crippen molar-refractivity contribution in [3.63, 3.8) is 0 Å². The van der Waals surface area contributed by atoms with Gasteiger partial charge in [-0.15, -0.1) is 0 Å². The van der Waals surface area contributed by atoms with Crippen molar-refractivity contribution in [2.75, 3.05) is 39.8 Å². The zero-order valence-corrected chi connectivity index (χ0v) is 11.2. The Labute approximate surface area is 103 Å². The van der Waals surface area contributed by atoms with Gasteiger partial charge in [0.15, 0.2) is 0 Å². The van der Waals surface area contributed by atoms with E-state index in [9.17, 15) is 8.78 Å². The smallest absolute Gasteiger partial charge is 0.251 e. The number of nitrogens with zero attached hydrogens (tertiary/aromatic N) is 1. The molecule has 0 aliphatic carbocycles. The number of alkyl halides is 2. The van der Waals surface area contributed by atoms with Crippen molar-refractivity contribution < 1.29 is 13.9 Å². The highest BCUT2D eigenvalue weighted by molar-refractivity contribution is 4.80. The predicted octanol–water partition coefficient (Wildman–Crippen LogP) is 1.57. The van der Waals surface area contributed by atoms with Crippen molar-refractivity contribution in [1.29, 1.82) is 0 Å². The van der Waals surface area contributed by atoms with E-state index in [-0.39, 0.29) is 18.6 Å². The summed E-state index contributed by atoms with van der Waals surface area (Å²) in [5.41, 5.74) is -0.0203. The molecule has 1 unspecified atom stereocenters. The number of halogens is 2. The van der Waals surface area contributed by atoms with Gasteiger partial charge >= 0.3 is 0 Å². The molecular formula is C12H26F2N2O. The summed E-state index contributed by atoms with van der Waals surface area (Å²) in [5, 5.41) is 12.0. The van der Waals surface area contributed by atoms with Crippen molar-refractivity contribution in [3.8, 4) is 0 Å². The molecule has 0 bridgehead atoms. The summed E-state index contributed by atoms with van der Waals surface area (Å²) < 4.78 is 24.8. The van der Waals surface area contributed by atoms with Crippen LogP contribution in [0, 0.1) is 5.41 Å². The largest absolute Gasteiger partial charge is 0.395 e. The summed E-state index contributed by atoms with van der Waals surface area (Å²) in [6.07, 6.45) is -0.333. The average molecular weight is 252 g/mol. The van der Waals surface area contributed by atoms with Gasteiger partial charge in [-0.05, 0) is 18.9 Å². The Balaban J connectivity index is 4.42. The van der Waals surface area contributed by atoms with Crippen LogP contribution in [0.25, 0.3) is 0 Å². The van der Waals surface area contributed by atoms with E-state index in [1.807, 2.05) is 7.05 Å². The minimum atomic E-state index is -2.35. The summed E-state index contributed by atoms with van der Waals surface area (Å²) in [4.78, 5) is 1.65. The van der Waals surface area contributed by atoms with Gasteiger partial charge in [0.05, 0.1) is 13.2 Å². The molecule has 0 radical (unpaired) electrons. The number of aliphatic hydroxyl groups excluding tert-OH is 1. The highest BCUT2D eigenvalue weighted by Gasteiger charge is 2.26. The lowest BCUT2D eigenvalue weighted by Gasteiger charge is -2.35. The van der Waals surface area contributed by atoms with E-state index in [4.69, 9.17) is 5.11 Å². The highest BCUT2D eigenvalue weighted by atomic mass is 19.3. The van der Waals surface area contributed by atoms with Gasteiger partial charge in [0, 0.05) is 19.6 Å². The Morgan fingerprint density at radius 3 is 2.47 bits per heavy atom. The van der Waals surface area contributed by atoms with Crippen LogP contribution in [0.2, 0.25) is 0 Å². The maximum absolute atomic E-state index is 12.4. The highest BCUT2D eigenvalue weighted by Crippen LogP contribution is 2.24. The summed E-state index contributed by atoms with van der Waals surface area (Å²) in [7, 11) is 1.87. The average Bonchev–Trinajstić information content (AvgIpc) is 2.16. The Morgan fingerprint density at radius 1 is 1.41 bits per heavy atom. The van der Waals surface area contributed by atoms with Crippen LogP contribution < -0.4 is 5.32 Å². The normalized spacial score (nSPS) is 15.5. The van der Waals surface area contributed by atoms with Crippen LogP contribution in [0.5, 0.6) is 0 Å². The number of hydrogen-bond donors (Lipinski definition) is 2. The molecule has 0 spiro atoms. The van der Waals surface area contributed by atoms with Crippen molar-refractivity contribution in [3.05, 3.63) is 0 Å². The number of aliphatic hydroxyl groups is 1. The SMILES string of the molecule is CCCC(C)(CNC)CN(CCO)CC(F)F. The first-order chi connectivity index (χ1) is 7.97. The fraction of sp³-hybridized carbons (Fsp3) is 1.00. The van der Waals surface area contributed by atoms with Crippen LogP contribution >= 0.6 is 0 Å². The van der Waals surface area contributed by atoms with Crippen molar-refractivity contribution in [1.82, 2.24) is 10.2 Å². The monoisotopic (exact) mass is 252 g/mol. The maximum Gasteiger partial charge on any atom is 0.251 e. The van der Waals surface area contributed by atoms with Gasteiger partial charge in [-0.25, -0.2) is 8.78 Å². The summed E-state index contributed by atoms with van der Waals surface area (Å²) in [6.45, 7) is 5.56. The molecule has 0 aliphatic heterocycles. The summed E-state index contributed by atoms with van der Waals surface area (Å²) >= 11 is 0. The van der Waals surface area contributed by atoms with Gasteiger partial charge in [0.1, 0.15) is 0 Å². The predicted molar refractivity (Wildman–Crippen MR) is 66.5 cm³/mol. The standard InChI is InChI=1S/C12H26F2N2O/c1-4-5-12(2,9-15-3)10-16(6-7-17)8-11(13)14/h11,15,17H,4-10H2,1-3H3. The van der Waals surface area contributed by atoms with Crippen molar-refractivity contribution in [2.45, 2.75) is 33.1 Å². The first-order valence-corrected chi connectivity index (χ1v) is 6.23. The zero-order valence-electron chi connectivity index (χ0n) is 11.2. The summed E-state index contributed by atoms with van der Waals surface area (Å²) in [6, 6.07) is 0. The molecule has 5 heteroatoms. The molecule has 104 valence electrons. The number of nitrogens with one attached hydrogen (secondary N) is 1. The van der Waals surface area contributed by atoms with Gasteiger partial charge in [-0.2, -0.15) is 0 Å². The fourth-order valence-electron chi connectivity index (χ4n) is 2.37. The molecule has 1 atom stereocenters. The molecule has 0 saturated carbocycles. The van der Waals surface area contributed by atoms with Crippen molar-refractivity contribution >= 4 is 0 Å². The lowest BCUT2D eigenvalue weighted by molar-refractivity contribution is 0.0523. The minimum Gasteiger partial charge on any atom is -0.395 e. The van der Waals surface area contributed by atoms with E-state index in [2.05, 4.69) is 19.2 Å². The van der Waals surface area contributed by atoms with Crippen LogP contribution in [-0.2, 0) is 0 Å². The van der Waals surface area contributed by atoms with Crippen LogP contribution in [0.1, 0.15) is 26.7 Å². The quantitative estimate of drug-likeness (QED) is 0.619. The van der Waals surface area contributed by atoms with Crippen LogP contribution in [-0.4, -0.2) is 56.3 Å². The molecule has 3 nitrogen and oxygen atoms in total. The maximum atomic E-state index is 12.4. The van der Waals surface area contributed by atoms with Gasteiger partial charge < -0.3 is 10.4 Å². The molecule has 0 aromatic heterocycles. The van der Waals surface area contributed by atoms with E-state index >= 15 is 0 Å². The Bertz CT molecular complexity index is 185. The molecular weight excluding hydrogens is 226 g/mol. The molecule has 17 heavy (non-hydrogen) atoms. The second-order valence-electron chi connectivity index (χ2n) is 4.94. The van der Waals surface area contributed by atoms with E-state index in [1.165, 1.54) is 0 Å².